The van der Waals surface area contributed by atoms with Crippen molar-refractivity contribution in [2.24, 2.45) is 0 Å². The Balaban J connectivity index is 2.16. The third-order valence-electron chi connectivity index (χ3n) is 3.26. The lowest BCUT2D eigenvalue weighted by molar-refractivity contribution is 0.102. The van der Waals surface area contributed by atoms with Crippen LogP contribution < -0.4 is 10.1 Å². The highest BCUT2D eigenvalue weighted by molar-refractivity contribution is 9.10. The first kappa shape index (κ1) is 15.6. The van der Waals surface area contributed by atoms with Gasteiger partial charge in [0.25, 0.3) is 5.91 Å². The van der Waals surface area contributed by atoms with Crippen LogP contribution >= 0.6 is 15.9 Å². The molecule has 1 N–H and O–H groups in total. The van der Waals surface area contributed by atoms with E-state index in [4.69, 9.17) is 4.74 Å². The summed E-state index contributed by atoms with van der Waals surface area (Å²) in [5.74, 6) is 0.599. The number of hydrogen-bond donors (Lipinski definition) is 1. The van der Waals surface area contributed by atoms with Crippen LogP contribution in [-0.2, 0) is 0 Å². The maximum Gasteiger partial charge on any atom is 0.255 e. The second kappa shape index (κ2) is 6.76. The van der Waals surface area contributed by atoms with E-state index in [0.29, 0.717) is 12.2 Å². The summed E-state index contributed by atoms with van der Waals surface area (Å²) < 4.78 is 6.22. The normalized spacial score (nSPS) is 10.3. The molecule has 0 aliphatic carbocycles. The minimum Gasteiger partial charge on any atom is -0.493 e. The summed E-state index contributed by atoms with van der Waals surface area (Å²) in [5, 5.41) is 2.90. The Morgan fingerprint density at radius 3 is 2.52 bits per heavy atom. The van der Waals surface area contributed by atoms with Crippen LogP contribution in [-0.4, -0.2) is 12.5 Å². The summed E-state index contributed by atoms with van der Waals surface area (Å²) in [7, 11) is 0. The number of anilines is 1. The van der Waals surface area contributed by atoms with Crippen LogP contribution in [0, 0.1) is 13.8 Å². The number of amides is 1. The average Bonchev–Trinajstić information content (AvgIpc) is 2.45. The van der Waals surface area contributed by atoms with Gasteiger partial charge in [0.2, 0.25) is 0 Å². The molecule has 1 amide bonds. The molecule has 0 aliphatic heterocycles. The highest BCUT2D eigenvalue weighted by Crippen LogP contribution is 2.26. The largest absolute Gasteiger partial charge is 0.493 e. The van der Waals surface area contributed by atoms with E-state index in [2.05, 4.69) is 21.2 Å². The molecule has 0 unspecified atom stereocenters. The molecule has 0 spiro atoms. The summed E-state index contributed by atoms with van der Waals surface area (Å²) in [6.45, 7) is 6.59. The number of aryl methyl sites for hydroxylation is 2. The lowest BCUT2D eigenvalue weighted by Gasteiger charge is -2.10. The van der Waals surface area contributed by atoms with Crippen molar-refractivity contribution < 1.29 is 9.53 Å². The second-order valence-electron chi connectivity index (χ2n) is 4.83. The van der Waals surface area contributed by atoms with Gasteiger partial charge in [-0.25, -0.2) is 0 Å². The van der Waals surface area contributed by atoms with Gasteiger partial charge in [-0.3, -0.25) is 4.79 Å². The van der Waals surface area contributed by atoms with Crippen LogP contribution in [0.2, 0.25) is 0 Å². The number of hydrogen-bond acceptors (Lipinski definition) is 2. The quantitative estimate of drug-likeness (QED) is 0.868. The highest BCUT2D eigenvalue weighted by Gasteiger charge is 2.10. The van der Waals surface area contributed by atoms with Crippen molar-refractivity contribution >= 4 is 27.5 Å². The maximum atomic E-state index is 12.3. The Kier molecular flexibility index (Phi) is 5.02. The fraction of sp³-hybridized carbons (Fsp3) is 0.235. The molecule has 2 rings (SSSR count). The molecule has 0 saturated carbocycles. The van der Waals surface area contributed by atoms with Gasteiger partial charge in [-0.05, 0) is 78.2 Å². The summed E-state index contributed by atoms with van der Waals surface area (Å²) >= 11 is 3.42. The first-order chi connectivity index (χ1) is 10.0. The minimum atomic E-state index is -0.137. The SMILES string of the molecule is CCOc1ccc(C(=O)Nc2ccc(C)c(C)c2)cc1Br. The lowest BCUT2D eigenvalue weighted by atomic mass is 10.1. The number of halogens is 1. The van der Waals surface area contributed by atoms with E-state index in [-0.39, 0.29) is 5.91 Å². The third kappa shape index (κ3) is 3.85. The van der Waals surface area contributed by atoms with Gasteiger partial charge in [0.1, 0.15) is 5.75 Å². The van der Waals surface area contributed by atoms with E-state index in [1.54, 1.807) is 18.2 Å². The first-order valence-electron chi connectivity index (χ1n) is 6.82. The highest BCUT2D eigenvalue weighted by atomic mass is 79.9. The van der Waals surface area contributed by atoms with E-state index in [0.717, 1.165) is 21.5 Å². The zero-order valence-electron chi connectivity index (χ0n) is 12.4. The molecule has 0 saturated heterocycles. The molecular formula is C17H18BrNO2. The van der Waals surface area contributed by atoms with Crippen LogP contribution in [0.4, 0.5) is 5.69 Å². The molecule has 0 aromatic heterocycles. The summed E-state index contributed by atoms with van der Waals surface area (Å²) in [6.07, 6.45) is 0. The molecule has 0 radical (unpaired) electrons. The van der Waals surface area contributed by atoms with E-state index in [1.165, 1.54) is 5.56 Å². The Hall–Kier alpha value is -1.81. The Bertz CT molecular complexity index is 668. The Morgan fingerprint density at radius 2 is 1.90 bits per heavy atom. The van der Waals surface area contributed by atoms with Crippen molar-refractivity contribution in [3.63, 3.8) is 0 Å². The van der Waals surface area contributed by atoms with Gasteiger partial charge in [0.15, 0.2) is 0 Å². The number of nitrogens with one attached hydrogen (secondary N) is 1. The van der Waals surface area contributed by atoms with Gasteiger partial charge in [-0.2, -0.15) is 0 Å². The van der Waals surface area contributed by atoms with Crippen molar-refractivity contribution in [2.75, 3.05) is 11.9 Å². The smallest absolute Gasteiger partial charge is 0.255 e. The molecule has 110 valence electrons. The molecular weight excluding hydrogens is 330 g/mol. The van der Waals surface area contributed by atoms with Crippen LogP contribution in [0.5, 0.6) is 5.75 Å². The van der Waals surface area contributed by atoms with Crippen molar-refractivity contribution in [2.45, 2.75) is 20.8 Å². The molecule has 0 bridgehead atoms. The minimum absolute atomic E-state index is 0.137. The summed E-state index contributed by atoms with van der Waals surface area (Å²) in [6, 6.07) is 11.2. The van der Waals surface area contributed by atoms with Gasteiger partial charge in [0.05, 0.1) is 11.1 Å². The Labute approximate surface area is 133 Å². The van der Waals surface area contributed by atoms with Crippen LogP contribution in [0.1, 0.15) is 28.4 Å². The Morgan fingerprint density at radius 1 is 1.14 bits per heavy atom. The van der Waals surface area contributed by atoms with E-state index in [1.807, 2.05) is 39.0 Å². The van der Waals surface area contributed by atoms with Crippen molar-refractivity contribution in [1.82, 2.24) is 0 Å². The molecule has 0 atom stereocenters. The fourth-order valence-corrected chi connectivity index (χ4v) is 2.43. The fourth-order valence-electron chi connectivity index (χ4n) is 1.94. The monoisotopic (exact) mass is 347 g/mol. The van der Waals surface area contributed by atoms with E-state index in [9.17, 15) is 4.79 Å². The van der Waals surface area contributed by atoms with E-state index < -0.39 is 0 Å². The summed E-state index contributed by atoms with van der Waals surface area (Å²) in [5.41, 5.74) is 3.74. The predicted octanol–water partition coefficient (Wildman–Crippen LogP) is 4.72. The molecule has 4 heteroatoms. The van der Waals surface area contributed by atoms with Crippen molar-refractivity contribution in [3.05, 3.63) is 57.6 Å². The predicted molar refractivity (Wildman–Crippen MR) is 89.2 cm³/mol. The lowest BCUT2D eigenvalue weighted by Crippen LogP contribution is -2.12. The molecule has 2 aromatic rings. The number of rotatable bonds is 4. The third-order valence-corrected chi connectivity index (χ3v) is 3.88. The topological polar surface area (TPSA) is 38.3 Å². The molecule has 21 heavy (non-hydrogen) atoms. The van der Waals surface area contributed by atoms with Crippen LogP contribution in [0.15, 0.2) is 40.9 Å². The van der Waals surface area contributed by atoms with E-state index >= 15 is 0 Å². The maximum absolute atomic E-state index is 12.3. The zero-order valence-corrected chi connectivity index (χ0v) is 14.0. The average molecular weight is 348 g/mol. The van der Waals surface area contributed by atoms with Crippen LogP contribution in [0.3, 0.4) is 0 Å². The number of carbonyl (C=O) groups excluding carboxylic acids is 1. The van der Waals surface area contributed by atoms with Crippen LogP contribution in [0.25, 0.3) is 0 Å². The van der Waals surface area contributed by atoms with Gasteiger partial charge < -0.3 is 10.1 Å². The van der Waals surface area contributed by atoms with Crippen molar-refractivity contribution in [3.8, 4) is 5.75 Å². The van der Waals surface area contributed by atoms with Gasteiger partial charge in [-0.15, -0.1) is 0 Å². The molecule has 2 aromatic carbocycles. The summed E-state index contributed by atoms with van der Waals surface area (Å²) in [4.78, 5) is 12.3. The molecule has 3 nitrogen and oxygen atoms in total. The van der Waals surface area contributed by atoms with Crippen molar-refractivity contribution in [1.29, 1.82) is 0 Å². The number of ether oxygens (including phenoxy) is 1. The molecule has 0 fully saturated rings. The van der Waals surface area contributed by atoms with Gasteiger partial charge in [-0.1, -0.05) is 6.07 Å². The second-order valence-corrected chi connectivity index (χ2v) is 5.69. The number of carbonyl (C=O) groups is 1. The molecule has 0 heterocycles. The zero-order chi connectivity index (χ0) is 15.4. The standard InChI is InChI=1S/C17H18BrNO2/c1-4-21-16-8-6-13(10-15(16)18)17(20)19-14-7-5-11(2)12(3)9-14/h5-10H,4H2,1-3H3,(H,19,20). The first-order valence-corrected chi connectivity index (χ1v) is 7.61. The van der Waals surface area contributed by atoms with Gasteiger partial charge >= 0.3 is 0 Å². The van der Waals surface area contributed by atoms with Gasteiger partial charge in [0, 0.05) is 11.3 Å². The number of benzene rings is 2. The molecule has 0 aliphatic rings.